The number of nitrogens with zero attached hydrogens (tertiary/aromatic N) is 4. The Morgan fingerprint density at radius 3 is 2.77 bits per heavy atom. The molecule has 4 heterocycles. The number of halogens is 1. The normalized spacial score (nSPS) is 18.3. The Kier molecular flexibility index (Phi) is 4.60. The van der Waals surface area contributed by atoms with Crippen molar-refractivity contribution >= 4 is 51.2 Å². The van der Waals surface area contributed by atoms with Gasteiger partial charge in [0.25, 0.3) is 5.78 Å². The van der Waals surface area contributed by atoms with Gasteiger partial charge in [-0.1, -0.05) is 29.8 Å². The van der Waals surface area contributed by atoms with Gasteiger partial charge in [0, 0.05) is 22.8 Å². The molecule has 7 nitrogen and oxygen atoms in total. The Labute approximate surface area is 185 Å². The Balaban J connectivity index is 1.80. The number of aryl methyl sites for hydroxylation is 1. The first-order valence-electron chi connectivity index (χ1n) is 9.37. The highest BCUT2D eigenvalue weighted by molar-refractivity contribution is 7.14. The van der Waals surface area contributed by atoms with Crippen molar-refractivity contribution in [2.24, 2.45) is 0 Å². The van der Waals surface area contributed by atoms with Crippen molar-refractivity contribution in [2.45, 2.75) is 13.0 Å². The molecule has 1 saturated heterocycles. The van der Waals surface area contributed by atoms with E-state index >= 15 is 0 Å². The molecular formula is C22H15ClN4O3S. The summed E-state index contributed by atoms with van der Waals surface area (Å²) in [4.78, 5) is 36.2. The van der Waals surface area contributed by atoms with Crippen molar-refractivity contribution in [2.75, 3.05) is 4.90 Å². The lowest BCUT2D eigenvalue weighted by atomic mass is 9.96. The highest BCUT2D eigenvalue weighted by atomic mass is 35.5. The van der Waals surface area contributed by atoms with Crippen molar-refractivity contribution in [3.05, 3.63) is 87.8 Å². The zero-order valence-corrected chi connectivity index (χ0v) is 17.8. The molecule has 1 aromatic carbocycles. The molecular weight excluding hydrogens is 436 g/mol. The summed E-state index contributed by atoms with van der Waals surface area (Å²) >= 11 is 7.44. The highest BCUT2D eigenvalue weighted by Crippen LogP contribution is 2.43. The van der Waals surface area contributed by atoms with Crippen molar-refractivity contribution < 1.29 is 14.7 Å². The third-order valence-corrected chi connectivity index (χ3v) is 6.17. The standard InChI is InChI=1S/C22H15ClN4O3S/c1-12-17(26-9-3-2-7-15(26)25-12)19(28)16-18(13-5-4-6-14(23)11-13)27(21(30)20(16)29)22-24-8-10-31-22/h2-11,18,28H,1H3/b19-16+. The number of aliphatic hydroxyl groups excluding tert-OH is 1. The summed E-state index contributed by atoms with van der Waals surface area (Å²) in [6.07, 6.45) is 3.30. The second-order valence-corrected chi connectivity index (χ2v) is 8.32. The van der Waals surface area contributed by atoms with Gasteiger partial charge in [0.1, 0.15) is 11.3 Å². The molecule has 0 saturated carbocycles. The number of hydrogen-bond acceptors (Lipinski definition) is 6. The van der Waals surface area contributed by atoms with Gasteiger partial charge in [0.2, 0.25) is 0 Å². The molecule has 0 aliphatic carbocycles. The zero-order valence-electron chi connectivity index (χ0n) is 16.2. The number of carbonyl (C=O) groups is 2. The van der Waals surface area contributed by atoms with Crippen LogP contribution in [0.4, 0.5) is 5.13 Å². The predicted octanol–water partition coefficient (Wildman–Crippen LogP) is 4.38. The van der Waals surface area contributed by atoms with Crippen LogP contribution in [0.25, 0.3) is 11.4 Å². The molecule has 1 atom stereocenters. The number of ketones is 1. The summed E-state index contributed by atoms with van der Waals surface area (Å²) in [5.74, 6) is -1.84. The van der Waals surface area contributed by atoms with Crippen LogP contribution < -0.4 is 4.90 Å². The van der Waals surface area contributed by atoms with Gasteiger partial charge in [-0.05, 0) is 36.8 Å². The van der Waals surface area contributed by atoms with Crippen LogP contribution in [0.2, 0.25) is 5.02 Å². The van der Waals surface area contributed by atoms with E-state index in [1.54, 1.807) is 65.5 Å². The van der Waals surface area contributed by atoms with E-state index < -0.39 is 17.7 Å². The second-order valence-electron chi connectivity index (χ2n) is 7.01. The summed E-state index contributed by atoms with van der Waals surface area (Å²) < 4.78 is 1.69. The molecule has 4 aromatic rings. The van der Waals surface area contributed by atoms with E-state index in [2.05, 4.69) is 9.97 Å². The molecule has 1 fully saturated rings. The third kappa shape index (κ3) is 3.03. The van der Waals surface area contributed by atoms with E-state index in [0.717, 1.165) is 0 Å². The smallest absolute Gasteiger partial charge is 0.301 e. The Bertz CT molecular complexity index is 1380. The molecule has 31 heavy (non-hydrogen) atoms. The van der Waals surface area contributed by atoms with Gasteiger partial charge in [-0.2, -0.15) is 0 Å². The lowest BCUT2D eigenvalue weighted by molar-refractivity contribution is -0.132. The van der Waals surface area contributed by atoms with Crippen molar-refractivity contribution in [3.63, 3.8) is 0 Å². The van der Waals surface area contributed by atoms with E-state index in [1.165, 1.54) is 16.2 Å². The molecule has 0 bridgehead atoms. The van der Waals surface area contributed by atoms with Gasteiger partial charge in [-0.25, -0.2) is 9.97 Å². The van der Waals surface area contributed by atoms with Crippen LogP contribution in [0.3, 0.4) is 0 Å². The number of Topliss-reactive ketones (excluding diaryl/α,β-unsaturated/α-hetero) is 1. The fraction of sp³-hybridized carbons (Fsp3) is 0.0909. The number of rotatable bonds is 3. The molecule has 0 spiro atoms. The first kappa shape index (κ1) is 19.5. The number of imidazole rings is 1. The number of aromatic nitrogens is 3. The largest absolute Gasteiger partial charge is 0.505 e. The average molecular weight is 451 g/mol. The zero-order chi connectivity index (χ0) is 21.7. The summed E-state index contributed by atoms with van der Waals surface area (Å²) in [6, 6.07) is 11.4. The minimum Gasteiger partial charge on any atom is -0.505 e. The van der Waals surface area contributed by atoms with E-state index in [1.807, 2.05) is 6.07 Å². The summed E-state index contributed by atoms with van der Waals surface area (Å²) in [5.41, 5.74) is 2.08. The van der Waals surface area contributed by atoms with E-state index in [4.69, 9.17) is 11.6 Å². The van der Waals surface area contributed by atoms with Crippen LogP contribution in [0.1, 0.15) is 23.0 Å². The molecule has 9 heteroatoms. The lowest BCUT2D eigenvalue weighted by Crippen LogP contribution is -2.29. The summed E-state index contributed by atoms with van der Waals surface area (Å²) in [7, 11) is 0. The third-order valence-electron chi connectivity index (χ3n) is 5.16. The van der Waals surface area contributed by atoms with Crippen LogP contribution in [0.5, 0.6) is 0 Å². The van der Waals surface area contributed by atoms with Crippen molar-refractivity contribution in [1.29, 1.82) is 0 Å². The first-order chi connectivity index (χ1) is 15.0. The van der Waals surface area contributed by atoms with E-state index in [9.17, 15) is 14.7 Å². The van der Waals surface area contributed by atoms with Gasteiger partial charge in [-0.3, -0.25) is 18.9 Å². The van der Waals surface area contributed by atoms with Crippen LogP contribution in [0.15, 0.2) is 65.8 Å². The maximum absolute atomic E-state index is 13.2. The van der Waals surface area contributed by atoms with Gasteiger partial charge in [0.15, 0.2) is 10.9 Å². The van der Waals surface area contributed by atoms with Crippen molar-refractivity contribution in [1.82, 2.24) is 14.4 Å². The van der Waals surface area contributed by atoms with Crippen LogP contribution in [0, 0.1) is 6.92 Å². The van der Waals surface area contributed by atoms with Gasteiger partial charge < -0.3 is 5.11 Å². The van der Waals surface area contributed by atoms with Gasteiger partial charge in [0.05, 0.1) is 17.3 Å². The molecule has 154 valence electrons. The fourth-order valence-corrected chi connectivity index (χ4v) is 4.75. The second kappa shape index (κ2) is 7.33. The number of amides is 1. The summed E-state index contributed by atoms with van der Waals surface area (Å²) in [5, 5.41) is 13.9. The Morgan fingerprint density at radius 1 is 1.19 bits per heavy atom. The molecule has 1 N–H and O–H groups in total. The van der Waals surface area contributed by atoms with Crippen molar-refractivity contribution in [3.8, 4) is 0 Å². The lowest BCUT2D eigenvalue weighted by Gasteiger charge is -2.23. The topological polar surface area (TPSA) is 87.8 Å². The number of carbonyl (C=O) groups excluding carboxylic acids is 2. The molecule has 0 radical (unpaired) electrons. The number of aliphatic hydroxyl groups is 1. The molecule has 3 aromatic heterocycles. The summed E-state index contributed by atoms with van der Waals surface area (Å²) in [6.45, 7) is 1.74. The first-order valence-corrected chi connectivity index (χ1v) is 10.6. The average Bonchev–Trinajstić information content (AvgIpc) is 3.45. The number of hydrogen-bond donors (Lipinski definition) is 1. The van der Waals surface area contributed by atoms with E-state index in [-0.39, 0.29) is 11.3 Å². The number of fused-ring (bicyclic) bond motifs is 1. The molecule has 5 rings (SSSR count). The van der Waals surface area contributed by atoms with Gasteiger partial charge >= 0.3 is 5.91 Å². The molecule has 1 unspecified atom stereocenters. The van der Waals surface area contributed by atoms with Crippen LogP contribution >= 0.6 is 22.9 Å². The minimum atomic E-state index is -0.876. The number of pyridine rings is 1. The SMILES string of the molecule is Cc1nc2ccccn2c1/C(O)=C1\C(=O)C(=O)N(c2nccs2)C1c1cccc(Cl)c1. The van der Waals surface area contributed by atoms with Gasteiger partial charge in [-0.15, -0.1) is 11.3 Å². The maximum Gasteiger partial charge on any atom is 0.301 e. The van der Waals surface area contributed by atoms with Crippen LogP contribution in [-0.4, -0.2) is 31.2 Å². The monoisotopic (exact) mass is 450 g/mol. The molecule has 1 aliphatic rings. The number of anilines is 1. The van der Waals surface area contributed by atoms with Crippen LogP contribution in [-0.2, 0) is 9.59 Å². The molecule has 1 amide bonds. The fourth-order valence-electron chi connectivity index (χ4n) is 3.88. The minimum absolute atomic E-state index is 0.0313. The highest BCUT2D eigenvalue weighted by Gasteiger charge is 2.48. The quantitative estimate of drug-likeness (QED) is 0.284. The Hall–Kier alpha value is -3.49. The maximum atomic E-state index is 13.2. The predicted molar refractivity (Wildman–Crippen MR) is 118 cm³/mol. The Morgan fingerprint density at radius 2 is 2.03 bits per heavy atom. The number of thiazole rings is 1. The number of benzene rings is 1. The molecule has 1 aliphatic heterocycles. The van der Waals surface area contributed by atoms with E-state index in [0.29, 0.717) is 32.8 Å².